The average molecular weight is 1250 g/mol. The number of likely N-dealkylation sites (tertiary alicyclic amines) is 3. The summed E-state index contributed by atoms with van der Waals surface area (Å²) in [5, 5.41) is 14.4. The van der Waals surface area contributed by atoms with Gasteiger partial charge in [0.1, 0.15) is 23.1 Å². The summed E-state index contributed by atoms with van der Waals surface area (Å²) in [6, 6.07) is 18.7. The fourth-order valence-electron chi connectivity index (χ4n) is 14.9. The maximum atomic E-state index is 16.0. The molecule has 5 N–H and O–H groups in total. The first-order chi connectivity index (χ1) is 44.3. The Morgan fingerprint density at radius 3 is 2.27 bits per heavy atom. The average Bonchev–Trinajstić information content (AvgIpc) is 1.55. The van der Waals surface area contributed by atoms with Gasteiger partial charge in [0.25, 0.3) is 23.6 Å². The zero-order valence-corrected chi connectivity index (χ0v) is 52.8. The Labute approximate surface area is 533 Å². The molecule has 1 unspecified atom stereocenters. The summed E-state index contributed by atoms with van der Waals surface area (Å²) in [6.45, 7) is 15.1. The van der Waals surface area contributed by atoms with Crippen LogP contribution < -0.4 is 31.5 Å². The highest BCUT2D eigenvalue weighted by Crippen LogP contribution is 2.53. The van der Waals surface area contributed by atoms with Crippen LogP contribution in [0.15, 0.2) is 79.3 Å². The number of rotatable bonds is 17. The van der Waals surface area contributed by atoms with E-state index in [2.05, 4.69) is 58.4 Å². The SMILES string of the molecule is Cc1cc(F)c(Nc2nc(-c3ccc4c(c3)N(C3CC(N5CCCCC5)C3)C(=O)C43CCN(C(=O)C4CCN(Cc5ccc(C(=O)NCCNc6cccc7c6C(=O)N(C6CCC(=O)NC6=O)C7=O)nc5)CC4)CC3)cc3ncn(C(C)C)c23)cc1C(=O)NC(C)C. The molecule has 1 saturated carbocycles. The van der Waals surface area contributed by atoms with Crippen LogP contribution in [0.25, 0.3) is 22.3 Å². The molecule has 7 aliphatic rings. The lowest BCUT2D eigenvalue weighted by atomic mass is 9.73. The number of imidazole rings is 1. The van der Waals surface area contributed by atoms with Gasteiger partial charge in [-0.1, -0.05) is 30.7 Å². The minimum atomic E-state index is -1.08. The molecule has 6 aliphatic heterocycles. The van der Waals surface area contributed by atoms with Gasteiger partial charge in [-0.15, -0.1) is 0 Å². The van der Waals surface area contributed by atoms with E-state index in [1.807, 2.05) is 55.4 Å². The molecular formula is C69H79FN14O8. The molecule has 9 heterocycles. The summed E-state index contributed by atoms with van der Waals surface area (Å²) >= 11 is 0. The molecular weight excluding hydrogens is 1170 g/mol. The van der Waals surface area contributed by atoms with Gasteiger partial charge in [-0.3, -0.25) is 58.5 Å². The highest BCUT2D eigenvalue weighted by molar-refractivity contribution is 6.25. The fraction of sp³-hybridized carbons (Fsp3) is 0.464. The van der Waals surface area contributed by atoms with Crippen molar-refractivity contribution in [3.05, 3.63) is 124 Å². The van der Waals surface area contributed by atoms with Gasteiger partial charge in [0.15, 0.2) is 5.82 Å². The van der Waals surface area contributed by atoms with Crippen molar-refractivity contribution >= 4 is 81.2 Å². The number of fused-ring (bicyclic) bond motifs is 4. The van der Waals surface area contributed by atoms with E-state index in [-0.39, 0.29) is 96.1 Å². The van der Waals surface area contributed by atoms with Crippen molar-refractivity contribution < 1.29 is 42.7 Å². The molecule has 0 bridgehead atoms. The summed E-state index contributed by atoms with van der Waals surface area (Å²) in [4.78, 5) is 132. The van der Waals surface area contributed by atoms with E-state index in [9.17, 15) is 33.6 Å². The third-order valence-electron chi connectivity index (χ3n) is 19.9. The van der Waals surface area contributed by atoms with Crippen molar-refractivity contribution in [2.24, 2.45) is 5.92 Å². The number of pyridine rings is 2. The Bertz CT molecular complexity index is 3950. The van der Waals surface area contributed by atoms with Gasteiger partial charge < -0.3 is 40.5 Å². The van der Waals surface area contributed by atoms with E-state index >= 15 is 9.18 Å². The van der Waals surface area contributed by atoms with Gasteiger partial charge in [-0.05, 0) is 178 Å². The smallest absolute Gasteiger partial charge is 0.269 e. The zero-order chi connectivity index (χ0) is 64.3. The van der Waals surface area contributed by atoms with Crippen LogP contribution in [0.4, 0.5) is 27.3 Å². The molecule has 22 nitrogen and oxygen atoms in total. The van der Waals surface area contributed by atoms with Crippen molar-refractivity contribution in [1.82, 2.24) is 55.1 Å². The number of hydrogen-bond acceptors (Lipinski definition) is 15. The number of amides is 8. The van der Waals surface area contributed by atoms with Crippen LogP contribution >= 0.6 is 0 Å². The number of nitrogens with zero attached hydrogens (tertiary/aromatic N) is 9. The molecule has 3 aromatic heterocycles. The second-order valence-electron chi connectivity index (χ2n) is 26.5. The van der Waals surface area contributed by atoms with Crippen LogP contribution in [0.2, 0.25) is 0 Å². The topological polar surface area (TPSA) is 257 Å². The first-order valence-corrected chi connectivity index (χ1v) is 32.6. The van der Waals surface area contributed by atoms with Gasteiger partial charge in [0.05, 0.1) is 39.8 Å². The first kappa shape index (κ1) is 61.9. The summed E-state index contributed by atoms with van der Waals surface area (Å²) in [5.74, 6) is -3.08. The van der Waals surface area contributed by atoms with E-state index in [1.54, 1.807) is 37.6 Å². The summed E-state index contributed by atoms with van der Waals surface area (Å²) in [6.07, 6.45) is 11.4. The third-order valence-corrected chi connectivity index (χ3v) is 19.9. The molecule has 4 saturated heterocycles. The summed E-state index contributed by atoms with van der Waals surface area (Å²) in [7, 11) is 0. The maximum Gasteiger partial charge on any atom is 0.269 e. The summed E-state index contributed by atoms with van der Waals surface area (Å²) in [5.41, 5.74) is 6.62. The predicted octanol–water partition coefficient (Wildman–Crippen LogP) is 7.78. The second kappa shape index (κ2) is 25.3. The standard InChI is InChI=1S/C69H79FN14O8/c1-39(2)75-62(86)48-34-54(50(70)30-41(48)5)77-61-60-55(74-38-82(60)40(3)4)35-53(76-61)44-13-14-49-57(31-44)83(46-32-45(33-46)80-24-7-6-8-25-80)68(92)69(49)20-28-81(29-21-69)65(89)43-18-26-79(27-19-43)37-42-12-15-52(73-36-42)63(87)72-23-22-71-51-11-9-10-47-59(51)67(91)84(66(47)90)56-16-17-58(85)78-64(56)88/h9-15,30-31,34-36,38-40,43,45-46,56,71H,6-8,16-29,32-33,37H2,1-5H3,(H,72,87)(H,75,86)(H,76,77)(H,78,85,88). The Kier molecular flexibility index (Phi) is 17.0. The van der Waals surface area contributed by atoms with Gasteiger partial charge in [-0.2, -0.15) is 0 Å². The molecule has 23 heteroatoms. The molecule has 1 aliphatic carbocycles. The molecule has 5 fully saturated rings. The van der Waals surface area contributed by atoms with Crippen molar-refractivity contribution in [2.45, 2.75) is 147 Å². The molecule has 3 aromatic carbocycles. The number of carbonyl (C=O) groups is 8. The molecule has 8 amide bonds. The molecule has 1 atom stereocenters. The minimum absolute atomic E-state index is 0.00366. The molecule has 13 rings (SSSR count). The quantitative estimate of drug-likeness (QED) is 0.0432. The lowest BCUT2D eigenvalue weighted by molar-refractivity contribution is -0.140. The molecule has 0 radical (unpaired) electrons. The second-order valence-corrected chi connectivity index (χ2v) is 26.5. The van der Waals surface area contributed by atoms with Crippen molar-refractivity contribution in [2.75, 3.05) is 67.9 Å². The number of nitrogens with one attached hydrogen (secondary N) is 5. The number of hydrogen-bond donors (Lipinski definition) is 5. The number of piperidine rings is 4. The Morgan fingerprint density at radius 2 is 1.55 bits per heavy atom. The lowest BCUT2D eigenvalue weighted by Gasteiger charge is -2.48. The number of imide groups is 2. The van der Waals surface area contributed by atoms with Crippen LogP contribution in [0.3, 0.4) is 0 Å². The predicted molar refractivity (Wildman–Crippen MR) is 344 cm³/mol. The highest BCUT2D eigenvalue weighted by atomic mass is 19.1. The minimum Gasteiger partial charge on any atom is -0.383 e. The number of aromatic nitrogens is 4. The number of anilines is 4. The Hall–Kier alpha value is -8.96. The monoisotopic (exact) mass is 1250 g/mol. The van der Waals surface area contributed by atoms with Crippen LogP contribution in [0, 0.1) is 18.7 Å². The van der Waals surface area contributed by atoms with Crippen molar-refractivity contribution in [3.8, 4) is 11.3 Å². The fourth-order valence-corrected chi connectivity index (χ4v) is 14.9. The van der Waals surface area contributed by atoms with Gasteiger partial charge in [0, 0.05) is 97.9 Å². The number of aryl methyl sites for hydroxylation is 1. The first-order valence-electron chi connectivity index (χ1n) is 32.6. The maximum absolute atomic E-state index is 16.0. The van der Waals surface area contributed by atoms with Crippen LogP contribution in [-0.4, -0.2) is 163 Å². The number of halogens is 1. The Morgan fingerprint density at radius 1 is 0.783 bits per heavy atom. The van der Waals surface area contributed by atoms with Gasteiger partial charge >= 0.3 is 0 Å². The van der Waals surface area contributed by atoms with E-state index in [4.69, 9.17) is 9.97 Å². The van der Waals surface area contributed by atoms with E-state index in [1.165, 1.54) is 37.5 Å². The van der Waals surface area contributed by atoms with Crippen LogP contribution in [0.5, 0.6) is 0 Å². The van der Waals surface area contributed by atoms with E-state index in [0.29, 0.717) is 104 Å². The van der Waals surface area contributed by atoms with E-state index in [0.717, 1.165) is 53.2 Å². The highest BCUT2D eigenvalue weighted by Gasteiger charge is 2.56. The van der Waals surface area contributed by atoms with Crippen molar-refractivity contribution in [1.29, 1.82) is 0 Å². The van der Waals surface area contributed by atoms with E-state index < -0.39 is 40.9 Å². The molecule has 6 aromatic rings. The molecule has 1 spiro atoms. The van der Waals surface area contributed by atoms with Crippen LogP contribution in [-0.2, 0) is 31.1 Å². The normalized spacial score (nSPS) is 21.1. The largest absolute Gasteiger partial charge is 0.383 e. The third kappa shape index (κ3) is 11.7. The summed E-state index contributed by atoms with van der Waals surface area (Å²) < 4.78 is 18.0. The molecule has 92 heavy (non-hydrogen) atoms. The van der Waals surface area contributed by atoms with Gasteiger partial charge in [-0.25, -0.2) is 14.4 Å². The Balaban J connectivity index is 0.644. The number of benzene rings is 3. The van der Waals surface area contributed by atoms with Crippen molar-refractivity contribution in [3.63, 3.8) is 0 Å². The number of carbonyl (C=O) groups excluding carboxylic acids is 8. The lowest BCUT2D eigenvalue weighted by Crippen LogP contribution is -2.58. The van der Waals surface area contributed by atoms with Crippen LogP contribution in [0.1, 0.15) is 163 Å². The molecule has 480 valence electrons. The van der Waals surface area contributed by atoms with Gasteiger partial charge in [0.2, 0.25) is 23.6 Å². The zero-order valence-electron chi connectivity index (χ0n) is 52.8.